The van der Waals surface area contributed by atoms with E-state index in [-0.39, 0.29) is 5.78 Å². The number of rotatable bonds is 6. The van der Waals surface area contributed by atoms with Crippen LogP contribution in [-0.2, 0) is 0 Å². The molecule has 0 aliphatic heterocycles. The smallest absolute Gasteiger partial charge is 0.159 e. The third-order valence-electron chi connectivity index (χ3n) is 4.78. The molecule has 0 amide bonds. The van der Waals surface area contributed by atoms with Crippen molar-refractivity contribution in [1.29, 1.82) is 0 Å². The topological polar surface area (TPSA) is 59.3 Å². The minimum Gasteiger partial charge on any atom is -0.295 e. The molecular weight excluding hydrogens is 372 g/mol. The monoisotopic (exact) mass is 394 g/mol. The lowest BCUT2D eigenvalue weighted by Crippen LogP contribution is -1.97. The van der Waals surface area contributed by atoms with E-state index < -0.39 is 0 Å². The highest BCUT2D eigenvalue weighted by Crippen LogP contribution is 2.23. The molecule has 30 heavy (non-hydrogen) atoms. The first-order chi connectivity index (χ1) is 14.6. The number of carbonyl (C=O) groups is 1. The highest BCUT2D eigenvalue weighted by Gasteiger charge is 2.11. The van der Waals surface area contributed by atoms with Crippen molar-refractivity contribution in [2.45, 2.75) is 13.8 Å². The molecule has 0 fully saturated rings. The Hall–Kier alpha value is -3.99. The Morgan fingerprint density at radius 2 is 1.67 bits per heavy atom. The van der Waals surface area contributed by atoms with Crippen LogP contribution in [0.3, 0.4) is 0 Å². The maximum atomic E-state index is 11.5. The zero-order valence-electron chi connectivity index (χ0n) is 16.9. The number of nitrogens with zero attached hydrogens (tertiary/aromatic N) is 3. The lowest BCUT2D eigenvalue weighted by atomic mass is 10.1. The third-order valence-corrected chi connectivity index (χ3v) is 4.78. The van der Waals surface area contributed by atoms with Crippen molar-refractivity contribution in [1.82, 2.24) is 9.78 Å². The normalized spacial score (nSPS) is 11.0. The van der Waals surface area contributed by atoms with Gasteiger partial charge in [-0.15, -0.1) is 0 Å². The van der Waals surface area contributed by atoms with Gasteiger partial charge in [0.25, 0.3) is 0 Å². The summed E-state index contributed by atoms with van der Waals surface area (Å²) in [5, 5.41) is 9.17. The van der Waals surface area contributed by atoms with Crippen LogP contribution in [0.5, 0.6) is 0 Å². The Kier molecular flexibility index (Phi) is 5.52. The zero-order chi connectivity index (χ0) is 20.9. The first kappa shape index (κ1) is 19.3. The van der Waals surface area contributed by atoms with E-state index in [1.54, 1.807) is 17.8 Å². The number of aryl methyl sites for hydroxylation is 1. The molecular formula is C25H22N4O. The summed E-state index contributed by atoms with van der Waals surface area (Å²) in [4.78, 5) is 11.5. The second kappa shape index (κ2) is 8.57. The number of anilines is 1. The van der Waals surface area contributed by atoms with Crippen LogP contribution in [-0.4, -0.2) is 21.8 Å². The fourth-order valence-electron chi connectivity index (χ4n) is 3.09. The second-order valence-corrected chi connectivity index (χ2v) is 7.08. The molecule has 4 rings (SSSR count). The summed E-state index contributed by atoms with van der Waals surface area (Å²) in [5.41, 5.74) is 9.47. The number of hydrogen-bond donors (Lipinski definition) is 1. The summed E-state index contributed by atoms with van der Waals surface area (Å²) < 4.78 is 1.81. The second-order valence-electron chi connectivity index (χ2n) is 7.08. The zero-order valence-corrected chi connectivity index (χ0v) is 16.9. The van der Waals surface area contributed by atoms with Gasteiger partial charge in [0.2, 0.25) is 0 Å². The first-order valence-corrected chi connectivity index (χ1v) is 9.72. The molecule has 0 saturated carbocycles. The highest BCUT2D eigenvalue weighted by atomic mass is 16.1. The van der Waals surface area contributed by atoms with Gasteiger partial charge in [-0.2, -0.15) is 10.2 Å². The average molecular weight is 394 g/mol. The van der Waals surface area contributed by atoms with Crippen molar-refractivity contribution in [3.8, 4) is 16.9 Å². The van der Waals surface area contributed by atoms with Gasteiger partial charge in [0.1, 0.15) is 5.69 Å². The van der Waals surface area contributed by atoms with E-state index in [0.29, 0.717) is 5.56 Å². The summed E-state index contributed by atoms with van der Waals surface area (Å²) in [7, 11) is 0. The van der Waals surface area contributed by atoms with Gasteiger partial charge >= 0.3 is 0 Å². The molecule has 0 saturated heterocycles. The molecule has 5 nitrogen and oxygen atoms in total. The Balaban J connectivity index is 1.66. The number of hydrogen-bond acceptors (Lipinski definition) is 4. The Labute approximate surface area is 175 Å². The summed E-state index contributed by atoms with van der Waals surface area (Å²) in [6.45, 7) is 3.61. The SMILES string of the molecule is CC(=O)c1ccc(-n2cc(/C=N/Nc3ccc(C)cc3)c(-c3ccccc3)n2)cc1. The van der Waals surface area contributed by atoms with E-state index in [1.165, 1.54) is 5.56 Å². The Morgan fingerprint density at radius 1 is 0.967 bits per heavy atom. The number of hydrazone groups is 1. The molecule has 0 aliphatic carbocycles. The molecule has 0 bridgehead atoms. The number of benzene rings is 3. The van der Waals surface area contributed by atoms with Crippen molar-refractivity contribution >= 4 is 17.7 Å². The fourth-order valence-corrected chi connectivity index (χ4v) is 3.09. The minimum atomic E-state index is 0.0435. The van der Waals surface area contributed by atoms with Crippen LogP contribution in [0, 0.1) is 6.92 Å². The minimum absolute atomic E-state index is 0.0435. The van der Waals surface area contributed by atoms with E-state index in [9.17, 15) is 4.79 Å². The molecule has 5 heteroatoms. The van der Waals surface area contributed by atoms with Gasteiger partial charge in [-0.25, -0.2) is 4.68 Å². The van der Waals surface area contributed by atoms with E-state index in [4.69, 9.17) is 5.10 Å². The molecule has 3 aromatic carbocycles. The van der Waals surface area contributed by atoms with Gasteiger partial charge in [0.05, 0.1) is 17.6 Å². The predicted octanol–water partition coefficient (Wildman–Crippen LogP) is 5.50. The average Bonchev–Trinajstić information content (AvgIpc) is 3.20. The standard InChI is InChI=1S/C25H22N4O/c1-18-8-12-23(13-9-18)27-26-16-22-17-29(24-14-10-20(11-15-24)19(2)30)28-25(22)21-6-4-3-5-7-21/h3-17,27H,1-2H3/b26-16+. The molecule has 0 aliphatic rings. The highest BCUT2D eigenvalue weighted by molar-refractivity contribution is 5.94. The molecule has 0 radical (unpaired) electrons. The van der Waals surface area contributed by atoms with Gasteiger partial charge in [0, 0.05) is 22.9 Å². The van der Waals surface area contributed by atoms with Crippen molar-refractivity contribution < 1.29 is 4.79 Å². The summed E-state index contributed by atoms with van der Waals surface area (Å²) in [6.07, 6.45) is 3.71. The van der Waals surface area contributed by atoms with Crippen LogP contribution in [0.2, 0.25) is 0 Å². The maximum absolute atomic E-state index is 11.5. The summed E-state index contributed by atoms with van der Waals surface area (Å²) >= 11 is 0. The van der Waals surface area contributed by atoms with Crippen molar-refractivity contribution in [3.05, 3.63) is 102 Å². The molecule has 1 aromatic heterocycles. The largest absolute Gasteiger partial charge is 0.295 e. The molecule has 0 spiro atoms. The van der Waals surface area contributed by atoms with Crippen molar-refractivity contribution in [2.24, 2.45) is 5.10 Å². The van der Waals surface area contributed by atoms with E-state index in [1.807, 2.05) is 85.1 Å². The number of ketones is 1. The van der Waals surface area contributed by atoms with Crippen LogP contribution in [0.1, 0.15) is 28.4 Å². The van der Waals surface area contributed by atoms with Crippen LogP contribution >= 0.6 is 0 Å². The van der Waals surface area contributed by atoms with Crippen LogP contribution in [0.15, 0.2) is 90.2 Å². The molecule has 4 aromatic rings. The lowest BCUT2D eigenvalue weighted by molar-refractivity contribution is 0.101. The third kappa shape index (κ3) is 4.36. The van der Waals surface area contributed by atoms with Crippen LogP contribution < -0.4 is 5.43 Å². The van der Waals surface area contributed by atoms with E-state index >= 15 is 0 Å². The van der Waals surface area contributed by atoms with Gasteiger partial charge < -0.3 is 0 Å². The number of nitrogens with one attached hydrogen (secondary N) is 1. The predicted molar refractivity (Wildman–Crippen MR) is 121 cm³/mol. The quantitative estimate of drug-likeness (QED) is 0.267. The van der Waals surface area contributed by atoms with Crippen LogP contribution in [0.25, 0.3) is 16.9 Å². The number of Topliss-reactive ketones (excluding diaryl/α,β-unsaturated/α-hetero) is 1. The lowest BCUT2D eigenvalue weighted by Gasteiger charge is -2.02. The maximum Gasteiger partial charge on any atom is 0.159 e. The molecule has 0 atom stereocenters. The van der Waals surface area contributed by atoms with Gasteiger partial charge in [-0.3, -0.25) is 10.2 Å². The molecule has 0 unspecified atom stereocenters. The van der Waals surface area contributed by atoms with E-state index in [0.717, 1.165) is 28.2 Å². The molecule has 1 N–H and O–H groups in total. The van der Waals surface area contributed by atoms with Gasteiger partial charge in [0.15, 0.2) is 5.78 Å². The van der Waals surface area contributed by atoms with Crippen molar-refractivity contribution in [2.75, 3.05) is 5.43 Å². The Bertz CT molecular complexity index is 1170. The van der Waals surface area contributed by atoms with E-state index in [2.05, 4.69) is 17.5 Å². The summed E-state index contributed by atoms with van der Waals surface area (Å²) in [6, 6.07) is 25.5. The molecule has 1 heterocycles. The van der Waals surface area contributed by atoms with Crippen LogP contribution in [0.4, 0.5) is 5.69 Å². The Morgan fingerprint density at radius 3 is 2.33 bits per heavy atom. The fraction of sp³-hybridized carbons (Fsp3) is 0.0800. The van der Waals surface area contributed by atoms with Gasteiger partial charge in [-0.1, -0.05) is 48.0 Å². The van der Waals surface area contributed by atoms with Crippen molar-refractivity contribution in [3.63, 3.8) is 0 Å². The number of carbonyl (C=O) groups excluding carboxylic acids is 1. The number of aromatic nitrogens is 2. The molecule has 148 valence electrons. The van der Waals surface area contributed by atoms with Gasteiger partial charge in [-0.05, 0) is 50.2 Å². The summed E-state index contributed by atoms with van der Waals surface area (Å²) in [5.74, 6) is 0.0435. The first-order valence-electron chi connectivity index (χ1n) is 9.72.